The summed E-state index contributed by atoms with van der Waals surface area (Å²) >= 11 is 0. The normalized spacial score (nSPS) is 9.73. The van der Waals surface area contributed by atoms with Gasteiger partial charge >= 0.3 is 0 Å². The maximum atomic E-state index is 5.31. The molecule has 0 fully saturated rings. The molecule has 0 amide bonds. The third kappa shape index (κ3) is 1.58. The minimum Gasteiger partial charge on any atom is -0.218 e. The molecule has 0 saturated heterocycles. The van der Waals surface area contributed by atoms with E-state index >= 15 is 0 Å². The average molecular weight is 195 g/mol. The molecule has 0 aliphatic carbocycles. The van der Waals surface area contributed by atoms with Crippen molar-refractivity contribution in [1.82, 2.24) is 4.57 Å². The highest BCUT2D eigenvalue weighted by molar-refractivity contribution is 5.71. The predicted molar refractivity (Wildman–Crippen MR) is 59.8 cm³/mol. The standard InChI is InChI=1S/C13H11N2/c1-3-9-14-11-15(10-4-2)13-8-6-5-7-12(13)14/h1-2,5-8,11H,9-10H2/q+1. The topological polar surface area (TPSA) is 8.81 Å². The van der Waals surface area contributed by atoms with Crippen molar-refractivity contribution >= 4 is 11.0 Å². The van der Waals surface area contributed by atoms with Crippen LogP contribution in [0, 0.1) is 24.7 Å². The second-order valence-electron chi connectivity index (χ2n) is 3.27. The summed E-state index contributed by atoms with van der Waals surface area (Å²) in [5, 5.41) is 0. The molecule has 1 aromatic carbocycles. The lowest BCUT2D eigenvalue weighted by molar-refractivity contribution is -0.659. The zero-order valence-corrected chi connectivity index (χ0v) is 8.35. The van der Waals surface area contributed by atoms with Crippen molar-refractivity contribution in [3.05, 3.63) is 30.6 Å². The van der Waals surface area contributed by atoms with Gasteiger partial charge in [0.05, 0.1) is 0 Å². The fourth-order valence-electron chi connectivity index (χ4n) is 1.69. The van der Waals surface area contributed by atoms with Gasteiger partial charge in [0, 0.05) is 0 Å². The smallest absolute Gasteiger partial charge is 0.218 e. The Morgan fingerprint density at radius 3 is 2.73 bits per heavy atom. The van der Waals surface area contributed by atoms with Crippen LogP contribution >= 0.6 is 0 Å². The van der Waals surface area contributed by atoms with Crippen molar-refractivity contribution in [3.8, 4) is 24.7 Å². The fraction of sp³-hybridized carbons (Fsp3) is 0.154. The van der Waals surface area contributed by atoms with Gasteiger partial charge in [0.2, 0.25) is 6.33 Å². The highest BCUT2D eigenvalue weighted by atomic mass is 15.1. The zero-order valence-electron chi connectivity index (χ0n) is 8.35. The molecule has 0 aliphatic rings. The fourth-order valence-corrected chi connectivity index (χ4v) is 1.69. The Morgan fingerprint density at radius 2 is 2.00 bits per heavy atom. The Labute approximate surface area is 89.1 Å². The number of hydrogen-bond donors (Lipinski definition) is 0. The molecular formula is C13H11N2+. The number of imidazole rings is 1. The first-order chi connectivity index (χ1) is 7.36. The van der Waals surface area contributed by atoms with Gasteiger partial charge in [-0.25, -0.2) is 9.13 Å². The van der Waals surface area contributed by atoms with E-state index in [1.165, 1.54) is 0 Å². The van der Waals surface area contributed by atoms with Crippen LogP contribution in [0.1, 0.15) is 0 Å². The number of nitrogens with zero attached hydrogens (tertiary/aromatic N) is 2. The molecule has 72 valence electrons. The van der Waals surface area contributed by atoms with Crippen LogP contribution in [0.4, 0.5) is 0 Å². The Hall–Kier alpha value is -2.19. The quantitative estimate of drug-likeness (QED) is 0.503. The van der Waals surface area contributed by atoms with Gasteiger partial charge in [-0.3, -0.25) is 0 Å². The molecule has 2 aromatic rings. The predicted octanol–water partition coefficient (Wildman–Crippen LogP) is 1.20. The van der Waals surface area contributed by atoms with Crippen molar-refractivity contribution in [2.24, 2.45) is 0 Å². The molecule has 0 aliphatic heterocycles. The SMILES string of the molecule is C#CCn1c[n+](CC#C)c2ccccc21. The van der Waals surface area contributed by atoms with E-state index in [4.69, 9.17) is 12.8 Å². The highest BCUT2D eigenvalue weighted by Gasteiger charge is 2.12. The van der Waals surface area contributed by atoms with Crippen molar-refractivity contribution < 1.29 is 4.57 Å². The lowest BCUT2D eigenvalue weighted by Gasteiger charge is -1.88. The first-order valence-electron chi connectivity index (χ1n) is 4.71. The van der Waals surface area contributed by atoms with Gasteiger partial charge in [0.15, 0.2) is 24.1 Å². The monoisotopic (exact) mass is 195 g/mol. The number of fused-ring (bicyclic) bond motifs is 1. The van der Waals surface area contributed by atoms with E-state index in [0.29, 0.717) is 13.1 Å². The minimum absolute atomic E-state index is 0.568. The third-order valence-electron chi connectivity index (χ3n) is 2.30. The van der Waals surface area contributed by atoms with E-state index in [-0.39, 0.29) is 0 Å². The highest BCUT2D eigenvalue weighted by Crippen LogP contribution is 2.09. The number of benzene rings is 1. The number of hydrogen-bond acceptors (Lipinski definition) is 0. The number of aromatic nitrogens is 2. The van der Waals surface area contributed by atoms with Crippen LogP contribution in [0.3, 0.4) is 0 Å². The molecule has 15 heavy (non-hydrogen) atoms. The van der Waals surface area contributed by atoms with Crippen molar-refractivity contribution in [2.75, 3.05) is 0 Å². The third-order valence-corrected chi connectivity index (χ3v) is 2.30. The zero-order chi connectivity index (χ0) is 10.7. The molecule has 1 aromatic heterocycles. The Bertz CT molecular complexity index is 514. The minimum atomic E-state index is 0.568. The summed E-state index contributed by atoms with van der Waals surface area (Å²) in [6, 6.07) is 8.07. The van der Waals surface area contributed by atoms with Crippen LogP contribution in [-0.2, 0) is 13.1 Å². The Kier molecular flexibility index (Phi) is 2.44. The van der Waals surface area contributed by atoms with Crippen LogP contribution in [0.2, 0.25) is 0 Å². The summed E-state index contributed by atoms with van der Waals surface area (Å²) in [5.74, 6) is 5.26. The van der Waals surface area contributed by atoms with E-state index in [0.717, 1.165) is 11.0 Å². The first-order valence-corrected chi connectivity index (χ1v) is 4.71. The summed E-state index contributed by atoms with van der Waals surface area (Å²) in [5.41, 5.74) is 2.23. The number of terminal acetylenes is 2. The van der Waals surface area contributed by atoms with Gasteiger partial charge < -0.3 is 0 Å². The summed E-state index contributed by atoms with van der Waals surface area (Å²) in [6.45, 7) is 1.14. The van der Waals surface area contributed by atoms with Crippen LogP contribution in [0.15, 0.2) is 30.6 Å². The van der Waals surface area contributed by atoms with Gasteiger partial charge in [0.1, 0.15) is 0 Å². The molecule has 0 unspecified atom stereocenters. The summed E-state index contributed by atoms with van der Waals surface area (Å²) in [7, 11) is 0. The van der Waals surface area contributed by atoms with Crippen LogP contribution < -0.4 is 4.57 Å². The van der Waals surface area contributed by atoms with Gasteiger partial charge in [-0.2, -0.15) is 0 Å². The molecule has 0 radical (unpaired) electrons. The van der Waals surface area contributed by atoms with E-state index in [9.17, 15) is 0 Å². The van der Waals surface area contributed by atoms with Crippen molar-refractivity contribution in [1.29, 1.82) is 0 Å². The number of rotatable bonds is 2. The van der Waals surface area contributed by atoms with E-state index in [1.807, 2.05) is 39.7 Å². The molecule has 0 N–H and O–H groups in total. The van der Waals surface area contributed by atoms with Gasteiger partial charge in [0.25, 0.3) is 0 Å². The van der Waals surface area contributed by atoms with E-state index in [2.05, 4.69) is 11.8 Å². The molecule has 0 atom stereocenters. The summed E-state index contributed by atoms with van der Waals surface area (Å²) in [4.78, 5) is 0. The van der Waals surface area contributed by atoms with Gasteiger partial charge in [-0.1, -0.05) is 24.0 Å². The maximum Gasteiger partial charge on any atom is 0.246 e. The van der Waals surface area contributed by atoms with E-state index < -0.39 is 0 Å². The number of para-hydroxylation sites is 2. The summed E-state index contributed by atoms with van der Waals surface area (Å²) in [6.07, 6.45) is 12.6. The summed E-state index contributed by atoms with van der Waals surface area (Å²) < 4.78 is 4.04. The maximum absolute atomic E-state index is 5.31. The molecular weight excluding hydrogens is 184 g/mol. The van der Waals surface area contributed by atoms with Crippen LogP contribution in [0.5, 0.6) is 0 Å². The van der Waals surface area contributed by atoms with Gasteiger partial charge in [-0.15, -0.1) is 12.8 Å². The molecule has 1 heterocycles. The van der Waals surface area contributed by atoms with Crippen LogP contribution in [-0.4, -0.2) is 4.57 Å². The Balaban J connectivity index is 2.64. The first kappa shape index (κ1) is 9.37. The molecule has 2 heteroatoms. The van der Waals surface area contributed by atoms with Crippen LogP contribution in [0.25, 0.3) is 11.0 Å². The molecule has 0 saturated carbocycles. The van der Waals surface area contributed by atoms with E-state index in [1.54, 1.807) is 0 Å². The lowest BCUT2D eigenvalue weighted by atomic mass is 10.3. The second-order valence-corrected chi connectivity index (χ2v) is 3.27. The van der Waals surface area contributed by atoms with Gasteiger partial charge in [-0.05, 0) is 12.1 Å². The lowest BCUT2D eigenvalue weighted by Crippen LogP contribution is -2.31. The Morgan fingerprint density at radius 1 is 1.20 bits per heavy atom. The van der Waals surface area contributed by atoms with Crippen molar-refractivity contribution in [3.63, 3.8) is 0 Å². The molecule has 2 nitrogen and oxygen atoms in total. The largest absolute Gasteiger partial charge is 0.246 e. The molecule has 0 bridgehead atoms. The second kappa shape index (κ2) is 3.90. The van der Waals surface area contributed by atoms with Crippen molar-refractivity contribution in [2.45, 2.75) is 13.1 Å². The molecule has 0 spiro atoms. The average Bonchev–Trinajstić information content (AvgIpc) is 2.59. The molecule has 2 rings (SSSR count).